The maximum atomic E-state index is 12.8. The summed E-state index contributed by atoms with van der Waals surface area (Å²) in [6, 6.07) is 10.4. The Hall–Kier alpha value is -3.22. The monoisotopic (exact) mass is 387 g/mol. The third-order valence-corrected chi connectivity index (χ3v) is 4.21. The Morgan fingerprint density at radius 1 is 1.00 bits per heavy atom. The van der Waals surface area contributed by atoms with E-state index in [4.69, 9.17) is 18.9 Å². The number of hydrogen-bond donors (Lipinski definition) is 1. The van der Waals surface area contributed by atoms with Crippen LogP contribution in [-0.2, 0) is 9.53 Å². The zero-order valence-corrected chi connectivity index (χ0v) is 16.7. The van der Waals surface area contributed by atoms with Gasteiger partial charge in [-0.3, -0.25) is 4.79 Å². The quantitative estimate of drug-likeness (QED) is 0.697. The van der Waals surface area contributed by atoms with Crippen LogP contribution in [0.25, 0.3) is 0 Å². The van der Waals surface area contributed by atoms with E-state index in [1.807, 2.05) is 38.1 Å². The van der Waals surface area contributed by atoms with Crippen molar-refractivity contribution in [3.05, 3.63) is 47.5 Å². The van der Waals surface area contributed by atoms with Gasteiger partial charge in [0.2, 0.25) is 0 Å². The highest BCUT2D eigenvalue weighted by atomic mass is 16.5. The summed E-state index contributed by atoms with van der Waals surface area (Å²) in [5.74, 6) is 0.361. The first kappa shape index (κ1) is 21.1. The number of nitrogens with one attached hydrogen (secondary N) is 1. The Kier molecular flexibility index (Phi) is 7.26. The van der Waals surface area contributed by atoms with E-state index in [-0.39, 0.29) is 17.2 Å². The first-order chi connectivity index (χ1) is 13.4. The number of hydrogen-bond acceptors (Lipinski definition) is 6. The van der Waals surface area contributed by atoms with Crippen LogP contribution in [0.1, 0.15) is 29.3 Å². The topological polar surface area (TPSA) is 83.1 Å². The van der Waals surface area contributed by atoms with Gasteiger partial charge in [0.05, 0.1) is 32.6 Å². The minimum Gasteiger partial charge on any atom is -0.493 e. The predicted molar refractivity (Wildman–Crippen MR) is 105 cm³/mol. The lowest BCUT2D eigenvalue weighted by molar-refractivity contribution is -0.122. The molecule has 2 aromatic carbocycles. The van der Waals surface area contributed by atoms with Crippen molar-refractivity contribution in [3.63, 3.8) is 0 Å². The van der Waals surface area contributed by atoms with Crippen molar-refractivity contribution in [1.29, 1.82) is 0 Å². The predicted octanol–water partition coefficient (Wildman–Crippen LogP) is 3.59. The van der Waals surface area contributed by atoms with E-state index in [1.165, 1.54) is 33.5 Å². The Bertz CT molecular complexity index is 849. The number of amides is 1. The number of carbonyl (C=O) groups is 2. The largest absolute Gasteiger partial charge is 0.493 e. The number of esters is 1. The third kappa shape index (κ3) is 4.73. The highest BCUT2D eigenvalue weighted by Gasteiger charge is 2.24. The molecule has 0 saturated heterocycles. The Labute approximate surface area is 164 Å². The summed E-state index contributed by atoms with van der Waals surface area (Å²) in [6.45, 7) is 3.75. The lowest BCUT2D eigenvalue weighted by Crippen LogP contribution is -2.33. The van der Waals surface area contributed by atoms with Gasteiger partial charge in [0, 0.05) is 12.1 Å². The molecule has 0 unspecified atom stereocenters. The van der Waals surface area contributed by atoms with Crippen molar-refractivity contribution < 1.29 is 28.5 Å². The zero-order valence-electron chi connectivity index (χ0n) is 16.7. The second-order valence-corrected chi connectivity index (χ2v) is 6.01. The lowest BCUT2D eigenvalue weighted by atomic mass is 10.1. The fraction of sp³-hybridized carbons (Fsp3) is 0.333. The number of benzene rings is 2. The molecule has 2 rings (SSSR count). The summed E-state index contributed by atoms with van der Waals surface area (Å²) in [5, 5.41) is 2.74. The summed E-state index contributed by atoms with van der Waals surface area (Å²) in [6.07, 6.45) is -0.291. The molecule has 0 fully saturated rings. The van der Waals surface area contributed by atoms with E-state index in [0.717, 1.165) is 5.56 Å². The van der Waals surface area contributed by atoms with E-state index in [9.17, 15) is 9.59 Å². The van der Waals surface area contributed by atoms with Gasteiger partial charge in [0.1, 0.15) is 5.75 Å². The van der Waals surface area contributed by atoms with Crippen LogP contribution in [0.5, 0.6) is 17.2 Å². The molecule has 1 N–H and O–H groups in total. The zero-order chi connectivity index (χ0) is 20.7. The van der Waals surface area contributed by atoms with Crippen molar-refractivity contribution in [1.82, 2.24) is 0 Å². The van der Waals surface area contributed by atoms with Crippen LogP contribution in [0, 0.1) is 6.92 Å². The molecule has 0 aliphatic heterocycles. The number of anilines is 1. The molecule has 0 saturated carbocycles. The number of ether oxygens (including phenoxy) is 4. The second-order valence-electron chi connectivity index (χ2n) is 6.01. The maximum absolute atomic E-state index is 12.8. The van der Waals surface area contributed by atoms with Crippen LogP contribution in [0.15, 0.2) is 36.4 Å². The molecule has 7 heteroatoms. The molecule has 2 aromatic rings. The van der Waals surface area contributed by atoms with Gasteiger partial charge >= 0.3 is 5.97 Å². The Morgan fingerprint density at radius 3 is 2.21 bits per heavy atom. The van der Waals surface area contributed by atoms with Crippen molar-refractivity contribution in [2.24, 2.45) is 0 Å². The molecule has 28 heavy (non-hydrogen) atoms. The van der Waals surface area contributed by atoms with Crippen molar-refractivity contribution in [2.75, 3.05) is 26.6 Å². The van der Waals surface area contributed by atoms with Crippen LogP contribution in [0.2, 0.25) is 0 Å². The average molecular weight is 387 g/mol. The smallest absolute Gasteiger partial charge is 0.340 e. The van der Waals surface area contributed by atoms with E-state index < -0.39 is 12.1 Å². The minimum atomic E-state index is -0.736. The van der Waals surface area contributed by atoms with Gasteiger partial charge in [-0.1, -0.05) is 25.1 Å². The summed E-state index contributed by atoms with van der Waals surface area (Å²) in [4.78, 5) is 25.0. The third-order valence-electron chi connectivity index (χ3n) is 4.21. The maximum Gasteiger partial charge on any atom is 0.340 e. The van der Waals surface area contributed by atoms with Gasteiger partial charge in [-0.15, -0.1) is 0 Å². The van der Waals surface area contributed by atoms with Gasteiger partial charge in [-0.25, -0.2) is 4.79 Å². The van der Waals surface area contributed by atoms with Crippen molar-refractivity contribution >= 4 is 17.6 Å². The SMILES string of the molecule is CC[C@H](Oc1ccccc1C)C(=O)Nc1cc(OC)c(OC)cc1C(=O)OC. The van der Waals surface area contributed by atoms with E-state index in [1.54, 1.807) is 0 Å². The molecular formula is C21H25NO6. The van der Waals surface area contributed by atoms with E-state index in [0.29, 0.717) is 23.7 Å². The van der Waals surface area contributed by atoms with Crippen LogP contribution in [-0.4, -0.2) is 39.3 Å². The molecular weight excluding hydrogens is 362 g/mol. The summed E-state index contributed by atoms with van der Waals surface area (Å²) in [5.41, 5.74) is 1.33. The minimum absolute atomic E-state index is 0.152. The Balaban J connectivity index is 2.32. The second kappa shape index (κ2) is 9.64. The normalized spacial score (nSPS) is 11.3. The number of carbonyl (C=O) groups excluding carboxylic acids is 2. The van der Waals surface area contributed by atoms with Crippen LogP contribution < -0.4 is 19.5 Å². The molecule has 7 nitrogen and oxygen atoms in total. The van der Waals surface area contributed by atoms with Crippen molar-refractivity contribution in [3.8, 4) is 17.2 Å². The van der Waals surface area contributed by atoms with Crippen LogP contribution >= 0.6 is 0 Å². The van der Waals surface area contributed by atoms with Crippen LogP contribution in [0.3, 0.4) is 0 Å². The summed E-state index contributed by atoms with van der Waals surface area (Å²) in [7, 11) is 4.19. The standard InChI is InChI=1S/C21H25NO6/c1-6-16(28-17-10-8-7-9-13(17)2)20(23)22-15-12-19(26-4)18(25-3)11-14(15)21(24)27-5/h7-12,16H,6H2,1-5H3,(H,22,23)/t16-/m0/s1. The van der Waals surface area contributed by atoms with Crippen LogP contribution in [0.4, 0.5) is 5.69 Å². The van der Waals surface area contributed by atoms with Gasteiger partial charge < -0.3 is 24.3 Å². The molecule has 0 aromatic heterocycles. The van der Waals surface area contributed by atoms with E-state index in [2.05, 4.69) is 5.32 Å². The van der Waals surface area contributed by atoms with Gasteiger partial charge in [-0.05, 0) is 25.0 Å². The number of methoxy groups -OCH3 is 3. The van der Waals surface area contributed by atoms with Gasteiger partial charge in [0.25, 0.3) is 5.91 Å². The molecule has 0 aliphatic carbocycles. The first-order valence-electron chi connectivity index (χ1n) is 8.82. The van der Waals surface area contributed by atoms with Gasteiger partial charge in [0.15, 0.2) is 17.6 Å². The molecule has 0 spiro atoms. The van der Waals surface area contributed by atoms with E-state index >= 15 is 0 Å². The highest BCUT2D eigenvalue weighted by Crippen LogP contribution is 2.34. The summed E-state index contributed by atoms with van der Waals surface area (Å²) < 4.78 is 21.2. The number of aryl methyl sites for hydroxylation is 1. The highest BCUT2D eigenvalue weighted by molar-refractivity contribution is 6.03. The molecule has 0 bridgehead atoms. The molecule has 1 atom stereocenters. The average Bonchev–Trinajstić information content (AvgIpc) is 2.72. The summed E-state index contributed by atoms with van der Waals surface area (Å²) >= 11 is 0. The molecule has 0 heterocycles. The number of para-hydroxylation sites is 1. The fourth-order valence-electron chi connectivity index (χ4n) is 2.64. The fourth-order valence-corrected chi connectivity index (χ4v) is 2.64. The molecule has 0 aliphatic rings. The number of rotatable bonds is 8. The molecule has 150 valence electrons. The lowest BCUT2D eigenvalue weighted by Gasteiger charge is -2.20. The molecule has 0 radical (unpaired) electrons. The molecule has 1 amide bonds. The van der Waals surface area contributed by atoms with Gasteiger partial charge in [-0.2, -0.15) is 0 Å². The first-order valence-corrected chi connectivity index (χ1v) is 8.82. The van der Waals surface area contributed by atoms with Crippen molar-refractivity contribution in [2.45, 2.75) is 26.4 Å². The Morgan fingerprint density at radius 2 is 1.64 bits per heavy atom.